The molecule has 3 atom stereocenters. The van der Waals surface area contributed by atoms with E-state index in [9.17, 15) is 0 Å². The molecule has 3 unspecified atom stereocenters. The lowest BCUT2D eigenvalue weighted by Crippen LogP contribution is -2.40. The van der Waals surface area contributed by atoms with E-state index in [0.717, 1.165) is 31.3 Å². The highest BCUT2D eigenvalue weighted by atomic mass is 16.3. The average Bonchev–Trinajstić information content (AvgIpc) is 2.82. The first kappa shape index (κ1) is 12.9. The smallest absolute Gasteiger partial charge is 0.0446 e. The van der Waals surface area contributed by atoms with E-state index in [1.54, 1.807) is 0 Å². The minimum atomic E-state index is 0.283. The van der Waals surface area contributed by atoms with Crippen LogP contribution in [-0.4, -0.2) is 49.3 Å². The highest BCUT2D eigenvalue weighted by Gasteiger charge is 2.33. The summed E-state index contributed by atoms with van der Waals surface area (Å²) in [7, 11) is 2.19. The zero-order chi connectivity index (χ0) is 11.3. The largest absolute Gasteiger partial charge is 0.396 e. The maximum Gasteiger partial charge on any atom is 0.0446 e. The first-order valence-corrected chi connectivity index (χ1v) is 6.20. The molecule has 1 rings (SSSR count). The van der Waals surface area contributed by atoms with Crippen LogP contribution in [0.1, 0.15) is 26.7 Å². The number of hydrogen-bond acceptors (Lipinski definition) is 3. The van der Waals surface area contributed by atoms with Crippen molar-refractivity contribution in [1.29, 1.82) is 0 Å². The van der Waals surface area contributed by atoms with Crippen molar-refractivity contribution in [2.45, 2.75) is 32.7 Å². The predicted molar refractivity (Wildman–Crippen MR) is 63.9 cm³/mol. The van der Waals surface area contributed by atoms with Gasteiger partial charge in [0.25, 0.3) is 0 Å². The maximum absolute atomic E-state index is 8.95. The van der Waals surface area contributed by atoms with Crippen molar-refractivity contribution in [1.82, 2.24) is 10.2 Å². The molecule has 1 aliphatic rings. The Labute approximate surface area is 93.9 Å². The Morgan fingerprint density at radius 2 is 2.20 bits per heavy atom. The van der Waals surface area contributed by atoms with Gasteiger partial charge in [-0.2, -0.15) is 0 Å². The zero-order valence-electron chi connectivity index (χ0n) is 10.4. The predicted octanol–water partition coefficient (Wildman–Crippen LogP) is 0.935. The molecule has 2 N–H and O–H groups in total. The van der Waals surface area contributed by atoms with E-state index in [1.807, 2.05) is 0 Å². The molecule has 90 valence electrons. The van der Waals surface area contributed by atoms with Gasteiger partial charge in [0.1, 0.15) is 0 Å². The summed E-state index contributed by atoms with van der Waals surface area (Å²) < 4.78 is 0. The number of likely N-dealkylation sites (N-methyl/N-ethyl adjacent to an activating group) is 2. The number of nitrogens with one attached hydrogen (secondary N) is 1. The Balaban J connectivity index is 2.17. The molecule has 0 spiro atoms. The molecule has 0 aromatic rings. The number of aliphatic hydroxyl groups is 1. The van der Waals surface area contributed by atoms with E-state index in [4.69, 9.17) is 5.11 Å². The highest BCUT2D eigenvalue weighted by Crippen LogP contribution is 2.37. The topological polar surface area (TPSA) is 35.5 Å². The van der Waals surface area contributed by atoms with Gasteiger partial charge < -0.3 is 15.3 Å². The molecular weight excluding hydrogens is 188 g/mol. The van der Waals surface area contributed by atoms with Gasteiger partial charge in [0, 0.05) is 25.7 Å². The summed E-state index contributed by atoms with van der Waals surface area (Å²) >= 11 is 0. The van der Waals surface area contributed by atoms with Crippen LogP contribution in [0.25, 0.3) is 0 Å². The van der Waals surface area contributed by atoms with Crippen molar-refractivity contribution < 1.29 is 5.11 Å². The number of rotatable bonds is 8. The molecule has 15 heavy (non-hydrogen) atoms. The second-order valence-electron chi connectivity index (χ2n) is 4.96. The van der Waals surface area contributed by atoms with Gasteiger partial charge in [0.15, 0.2) is 0 Å². The molecule has 1 aliphatic carbocycles. The minimum absolute atomic E-state index is 0.283. The fraction of sp³-hybridized carbons (Fsp3) is 1.00. The monoisotopic (exact) mass is 214 g/mol. The molecule has 0 aliphatic heterocycles. The van der Waals surface area contributed by atoms with Crippen molar-refractivity contribution in [2.24, 2.45) is 11.8 Å². The van der Waals surface area contributed by atoms with Gasteiger partial charge in [-0.25, -0.2) is 0 Å². The lowest BCUT2D eigenvalue weighted by atomic mass is 10.2. The Morgan fingerprint density at radius 1 is 1.53 bits per heavy atom. The van der Waals surface area contributed by atoms with Crippen molar-refractivity contribution in [3.63, 3.8) is 0 Å². The van der Waals surface area contributed by atoms with Crippen LogP contribution >= 0.6 is 0 Å². The fourth-order valence-electron chi connectivity index (χ4n) is 2.21. The van der Waals surface area contributed by atoms with Crippen LogP contribution in [0.15, 0.2) is 0 Å². The SMILES string of the molecule is CCNC(CCO)CN(C)CC1CC1C. The van der Waals surface area contributed by atoms with Crippen LogP contribution in [0.4, 0.5) is 0 Å². The fourth-order valence-corrected chi connectivity index (χ4v) is 2.21. The second kappa shape index (κ2) is 6.46. The highest BCUT2D eigenvalue weighted by molar-refractivity contribution is 4.85. The van der Waals surface area contributed by atoms with Crippen LogP contribution in [0.5, 0.6) is 0 Å². The van der Waals surface area contributed by atoms with Gasteiger partial charge in [-0.1, -0.05) is 13.8 Å². The van der Waals surface area contributed by atoms with Crippen LogP contribution < -0.4 is 5.32 Å². The maximum atomic E-state index is 8.95. The lowest BCUT2D eigenvalue weighted by Gasteiger charge is -2.24. The van der Waals surface area contributed by atoms with Gasteiger partial charge in [-0.05, 0) is 38.3 Å². The summed E-state index contributed by atoms with van der Waals surface area (Å²) in [6.45, 7) is 7.98. The lowest BCUT2D eigenvalue weighted by molar-refractivity contribution is 0.225. The number of nitrogens with zero attached hydrogens (tertiary/aromatic N) is 1. The normalized spacial score (nSPS) is 27.0. The molecule has 0 aromatic heterocycles. The summed E-state index contributed by atoms with van der Waals surface area (Å²) in [5.41, 5.74) is 0. The summed E-state index contributed by atoms with van der Waals surface area (Å²) in [6.07, 6.45) is 2.26. The molecule has 0 saturated heterocycles. The van der Waals surface area contributed by atoms with Gasteiger partial charge in [-0.15, -0.1) is 0 Å². The van der Waals surface area contributed by atoms with E-state index in [2.05, 4.69) is 31.1 Å². The summed E-state index contributed by atoms with van der Waals surface area (Å²) in [5.74, 6) is 1.86. The van der Waals surface area contributed by atoms with Crippen LogP contribution in [0.2, 0.25) is 0 Å². The Kier molecular flexibility index (Phi) is 5.58. The van der Waals surface area contributed by atoms with Crippen molar-refractivity contribution in [2.75, 3.05) is 33.3 Å². The molecule has 0 heterocycles. The third-order valence-corrected chi connectivity index (χ3v) is 3.32. The van der Waals surface area contributed by atoms with E-state index in [1.165, 1.54) is 13.0 Å². The molecular formula is C12H26N2O. The van der Waals surface area contributed by atoms with Gasteiger partial charge in [-0.3, -0.25) is 0 Å². The van der Waals surface area contributed by atoms with Crippen molar-refractivity contribution in [3.8, 4) is 0 Å². The Bertz CT molecular complexity index is 169. The number of aliphatic hydroxyl groups excluding tert-OH is 1. The van der Waals surface area contributed by atoms with Crippen LogP contribution in [0.3, 0.4) is 0 Å². The number of hydrogen-bond donors (Lipinski definition) is 2. The van der Waals surface area contributed by atoms with E-state index < -0.39 is 0 Å². The van der Waals surface area contributed by atoms with E-state index >= 15 is 0 Å². The molecule has 3 nitrogen and oxygen atoms in total. The molecule has 0 aromatic carbocycles. The molecule has 1 fully saturated rings. The molecule has 1 saturated carbocycles. The quantitative estimate of drug-likeness (QED) is 0.631. The molecule has 3 heteroatoms. The summed E-state index contributed by atoms with van der Waals surface area (Å²) in [5, 5.41) is 12.4. The summed E-state index contributed by atoms with van der Waals surface area (Å²) in [4.78, 5) is 2.40. The van der Waals surface area contributed by atoms with Gasteiger partial charge >= 0.3 is 0 Å². The standard InChI is InChI=1S/C12H26N2O/c1-4-13-12(5-6-15)9-14(3)8-11-7-10(11)2/h10-13,15H,4-9H2,1-3H3. The first-order valence-electron chi connectivity index (χ1n) is 6.20. The third-order valence-electron chi connectivity index (χ3n) is 3.32. The second-order valence-corrected chi connectivity index (χ2v) is 4.96. The Hall–Kier alpha value is -0.120. The molecule has 0 bridgehead atoms. The first-order chi connectivity index (χ1) is 7.17. The van der Waals surface area contributed by atoms with E-state index in [0.29, 0.717) is 6.04 Å². The van der Waals surface area contributed by atoms with Crippen LogP contribution in [0, 0.1) is 11.8 Å². The molecule has 0 amide bonds. The van der Waals surface area contributed by atoms with Crippen molar-refractivity contribution in [3.05, 3.63) is 0 Å². The van der Waals surface area contributed by atoms with Gasteiger partial charge in [0.2, 0.25) is 0 Å². The average molecular weight is 214 g/mol. The summed E-state index contributed by atoms with van der Waals surface area (Å²) in [6, 6.07) is 0.444. The Morgan fingerprint density at radius 3 is 2.67 bits per heavy atom. The van der Waals surface area contributed by atoms with Crippen LogP contribution in [-0.2, 0) is 0 Å². The minimum Gasteiger partial charge on any atom is -0.396 e. The molecule has 0 radical (unpaired) electrons. The van der Waals surface area contributed by atoms with Gasteiger partial charge in [0.05, 0.1) is 0 Å². The van der Waals surface area contributed by atoms with E-state index in [-0.39, 0.29) is 6.61 Å². The zero-order valence-corrected chi connectivity index (χ0v) is 10.4. The van der Waals surface area contributed by atoms with Crippen molar-refractivity contribution >= 4 is 0 Å². The third kappa shape index (κ3) is 4.96.